The SMILES string of the molecule is COc1ccc(C2CCC(C(NC(=O)C3CCCCC3)c3cccc(-c4cnn(C5CC5)c4)c3)CC2NC(=O)CNC(C)=O)cc1C. The molecule has 9 nitrogen and oxygen atoms in total. The maximum Gasteiger partial charge on any atom is 0.239 e. The van der Waals surface area contributed by atoms with Crippen LogP contribution in [-0.2, 0) is 14.4 Å². The molecule has 0 radical (unpaired) electrons. The van der Waals surface area contributed by atoms with E-state index < -0.39 is 0 Å². The Kier molecular flexibility index (Phi) is 10.3. The van der Waals surface area contributed by atoms with E-state index >= 15 is 0 Å². The number of aryl methyl sites for hydroxylation is 1. The normalized spacial score (nSPS) is 22.2. The van der Waals surface area contributed by atoms with Crippen LogP contribution in [0.2, 0.25) is 0 Å². The molecular weight excluding hydrogens is 590 g/mol. The largest absolute Gasteiger partial charge is 0.496 e. The topological polar surface area (TPSA) is 114 Å². The van der Waals surface area contributed by atoms with Crippen molar-refractivity contribution in [3.05, 3.63) is 71.5 Å². The molecule has 3 amide bonds. The van der Waals surface area contributed by atoms with Gasteiger partial charge in [0.05, 0.1) is 31.9 Å². The van der Waals surface area contributed by atoms with E-state index in [1.807, 2.05) is 19.2 Å². The fraction of sp³-hybridized carbons (Fsp3) is 0.526. The minimum absolute atomic E-state index is 0.0398. The molecule has 47 heavy (non-hydrogen) atoms. The van der Waals surface area contributed by atoms with Crippen molar-refractivity contribution in [2.75, 3.05) is 13.7 Å². The second-order valence-electron chi connectivity index (χ2n) is 13.9. The third-order valence-electron chi connectivity index (χ3n) is 10.4. The number of hydrogen-bond donors (Lipinski definition) is 3. The van der Waals surface area contributed by atoms with Gasteiger partial charge in [0.25, 0.3) is 0 Å². The Morgan fingerprint density at radius 1 is 0.979 bits per heavy atom. The number of carbonyl (C=O) groups excluding carboxylic acids is 3. The van der Waals surface area contributed by atoms with Crippen LogP contribution in [-0.4, -0.2) is 47.2 Å². The van der Waals surface area contributed by atoms with Gasteiger partial charge in [-0.05, 0) is 92.2 Å². The maximum atomic E-state index is 13.8. The Morgan fingerprint density at radius 2 is 1.79 bits per heavy atom. The van der Waals surface area contributed by atoms with Crippen LogP contribution >= 0.6 is 0 Å². The average molecular weight is 640 g/mol. The van der Waals surface area contributed by atoms with Gasteiger partial charge in [0, 0.05) is 36.6 Å². The highest BCUT2D eigenvalue weighted by atomic mass is 16.5. The van der Waals surface area contributed by atoms with E-state index in [1.165, 1.54) is 26.2 Å². The summed E-state index contributed by atoms with van der Waals surface area (Å²) in [6.07, 6.45) is 14.1. The summed E-state index contributed by atoms with van der Waals surface area (Å²) >= 11 is 0. The molecule has 3 N–H and O–H groups in total. The predicted octanol–water partition coefficient (Wildman–Crippen LogP) is 6.14. The molecule has 9 heteroatoms. The highest BCUT2D eigenvalue weighted by Crippen LogP contribution is 2.43. The van der Waals surface area contributed by atoms with Crippen molar-refractivity contribution in [2.24, 2.45) is 11.8 Å². The third-order valence-corrected chi connectivity index (χ3v) is 10.4. The standard InChI is InChI=1S/C38H49N5O4/c1-24-18-28(13-17-35(24)47-3)33-16-12-30(20-34(33)41-36(45)22-39-25(2)44)37(42-38(46)26-8-5-4-6-9-26)29-11-7-10-27(19-29)31-21-40-43(23-31)32-14-15-32/h7,10-11,13,17-19,21,23,26,30,32-34,37H,4-6,8-9,12,14-16,20,22H2,1-3H3,(H,39,44)(H,41,45)(H,42,46). The second kappa shape index (κ2) is 14.7. The predicted molar refractivity (Wildman–Crippen MR) is 182 cm³/mol. The first kappa shape index (κ1) is 32.8. The van der Waals surface area contributed by atoms with Crippen molar-refractivity contribution in [3.8, 4) is 16.9 Å². The summed E-state index contributed by atoms with van der Waals surface area (Å²) in [5.41, 5.74) is 5.46. The number of carbonyl (C=O) groups is 3. The van der Waals surface area contributed by atoms with Crippen molar-refractivity contribution in [3.63, 3.8) is 0 Å². The van der Waals surface area contributed by atoms with E-state index in [0.29, 0.717) is 12.5 Å². The van der Waals surface area contributed by atoms with E-state index in [4.69, 9.17) is 4.74 Å². The lowest BCUT2D eigenvalue weighted by Crippen LogP contribution is -2.48. The molecule has 0 aliphatic heterocycles. The zero-order chi connectivity index (χ0) is 32.9. The van der Waals surface area contributed by atoms with Gasteiger partial charge >= 0.3 is 0 Å². The van der Waals surface area contributed by atoms with Crippen LogP contribution in [0, 0.1) is 18.8 Å². The second-order valence-corrected chi connectivity index (χ2v) is 13.9. The number of benzene rings is 2. The number of amides is 3. The summed E-state index contributed by atoms with van der Waals surface area (Å²) in [7, 11) is 1.67. The molecule has 4 atom stereocenters. The third kappa shape index (κ3) is 8.06. The molecule has 4 unspecified atom stereocenters. The fourth-order valence-electron chi connectivity index (χ4n) is 7.71. The van der Waals surface area contributed by atoms with Gasteiger partial charge in [-0.2, -0.15) is 5.10 Å². The Labute approximate surface area is 278 Å². The first-order valence-electron chi connectivity index (χ1n) is 17.4. The Hall–Kier alpha value is -4.14. The van der Waals surface area contributed by atoms with Crippen molar-refractivity contribution in [1.82, 2.24) is 25.7 Å². The average Bonchev–Trinajstić information content (AvgIpc) is 3.82. The highest BCUT2D eigenvalue weighted by Gasteiger charge is 2.38. The molecule has 3 aliphatic carbocycles. The van der Waals surface area contributed by atoms with E-state index in [9.17, 15) is 14.4 Å². The van der Waals surface area contributed by atoms with Crippen LogP contribution in [0.15, 0.2) is 54.9 Å². The van der Waals surface area contributed by atoms with Gasteiger partial charge in [0.2, 0.25) is 17.7 Å². The molecule has 3 aromatic rings. The Balaban J connectivity index is 1.29. The van der Waals surface area contributed by atoms with Gasteiger partial charge in [-0.3, -0.25) is 19.1 Å². The quantitative estimate of drug-likeness (QED) is 0.233. The highest BCUT2D eigenvalue weighted by molar-refractivity contribution is 5.84. The van der Waals surface area contributed by atoms with Crippen molar-refractivity contribution in [1.29, 1.82) is 0 Å². The number of rotatable bonds is 11. The monoisotopic (exact) mass is 639 g/mol. The fourth-order valence-corrected chi connectivity index (χ4v) is 7.71. The summed E-state index contributed by atoms with van der Waals surface area (Å²) in [4.78, 5) is 38.5. The van der Waals surface area contributed by atoms with Crippen LogP contribution in [0.4, 0.5) is 0 Å². The summed E-state index contributed by atoms with van der Waals surface area (Å²) in [5, 5.41) is 14.1. The maximum absolute atomic E-state index is 13.8. The van der Waals surface area contributed by atoms with Gasteiger partial charge in [-0.15, -0.1) is 0 Å². The zero-order valence-corrected chi connectivity index (χ0v) is 28.0. The minimum atomic E-state index is -0.239. The van der Waals surface area contributed by atoms with E-state index in [-0.39, 0.29) is 54.1 Å². The lowest BCUT2D eigenvalue weighted by Gasteiger charge is -2.41. The molecular formula is C38H49N5O4. The van der Waals surface area contributed by atoms with Crippen molar-refractivity contribution < 1.29 is 19.1 Å². The summed E-state index contributed by atoms with van der Waals surface area (Å²) in [6.45, 7) is 3.39. The molecule has 1 aromatic heterocycles. The van der Waals surface area contributed by atoms with Crippen molar-refractivity contribution in [2.45, 2.75) is 102 Å². The van der Waals surface area contributed by atoms with E-state index in [2.05, 4.69) is 68.3 Å². The van der Waals surface area contributed by atoms with Crippen LogP contribution in [0.25, 0.3) is 11.1 Å². The summed E-state index contributed by atoms with van der Waals surface area (Å²) < 4.78 is 7.59. The zero-order valence-electron chi connectivity index (χ0n) is 28.0. The molecule has 2 aromatic carbocycles. The summed E-state index contributed by atoms with van der Waals surface area (Å²) in [6, 6.07) is 14.9. The number of nitrogens with zero attached hydrogens (tertiary/aromatic N) is 2. The number of nitrogens with one attached hydrogen (secondary N) is 3. The van der Waals surface area contributed by atoms with Crippen LogP contribution in [0.3, 0.4) is 0 Å². The van der Waals surface area contributed by atoms with Crippen LogP contribution in [0.5, 0.6) is 5.75 Å². The first-order valence-corrected chi connectivity index (χ1v) is 17.4. The van der Waals surface area contributed by atoms with Gasteiger partial charge in [-0.25, -0.2) is 0 Å². The number of ether oxygens (including phenoxy) is 1. The van der Waals surface area contributed by atoms with Crippen LogP contribution in [0.1, 0.15) is 106 Å². The lowest BCUT2D eigenvalue weighted by molar-refractivity contribution is -0.127. The molecule has 6 rings (SSSR count). The number of methoxy groups -OCH3 is 1. The lowest BCUT2D eigenvalue weighted by atomic mass is 9.71. The van der Waals surface area contributed by atoms with Gasteiger partial charge in [0.1, 0.15) is 5.75 Å². The molecule has 0 saturated heterocycles. The molecule has 0 spiro atoms. The first-order chi connectivity index (χ1) is 22.8. The number of aromatic nitrogens is 2. The van der Waals surface area contributed by atoms with Crippen molar-refractivity contribution >= 4 is 17.7 Å². The van der Waals surface area contributed by atoms with E-state index in [1.54, 1.807) is 7.11 Å². The molecule has 3 fully saturated rings. The molecule has 3 aliphatic rings. The smallest absolute Gasteiger partial charge is 0.239 e. The Morgan fingerprint density at radius 3 is 2.51 bits per heavy atom. The molecule has 1 heterocycles. The van der Waals surface area contributed by atoms with Gasteiger partial charge in [-0.1, -0.05) is 49.6 Å². The Bertz CT molecular complexity index is 1570. The molecule has 0 bridgehead atoms. The van der Waals surface area contributed by atoms with Crippen LogP contribution < -0.4 is 20.7 Å². The molecule has 250 valence electrons. The number of hydrogen-bond acceptors (Lipinski definition) is 5. The van der Waals surface area contributed by atoms with Gasteiger partial charge in [0.15, 0.2) is 0 Å². The minimum Gasteiger partial charge on any atom is -0.496 e. The van der Waals surface area contributed by atoms with Gasteiger partial charge < -0.3 is 20.7 Å². The molecule has 3 saturated carbocycles. The van der Waals surface area contributed by atoms with E-state index in [0.717, 1.165) is 72.1 Å². The summed E-state index contributed by atoms with van der Waals surface area (Å²) in [5.74, 6) is 0.760.